The van der Waals surface area contributed by atoms with E-state index in [1.165, 1.54) is 36.4 Å². The number of hydrogen-bond acceptors (Lipinski definition) is 7. The topological polar surface area (TPSA) is 91.5 Å². The maximum Gasteiger partial charge on any atom is 0.267 e. The zero-order valence-corrected chi connectivity index (χ0v) is 17.9. The molecular formula is C23H22N4O3S. The first-order chi connectivity index (χ1) is 15.1. The van der Waals surface area contributed by atoms with E-state index in [0.717, 1.165) is 30.1 Å². The van der Waals surface area contributed by atoms with Crippen molar-refractivity contribution in [3.05, 3.63) is 53.5 Å². The van der Waals surface area contributed by atoms with E-state index >= 15 is 0 Å². The first kappa shape index (κ1) is 19.6. The van der Waals surface area contributed by atoms with Crippen LogP contribution in [-0.4, -0.2) is 34.2 Å². The van der Waals surface area contributed by atoms with Crippen LogP contribution in [-0.2, 0) is 0 Å². The number of aromatic hydroxyl groups is 1. The molecule has 0 bridgehead atoms. The van der Waals surface area contributed by atoms with Crippen LogP contribution in [0.5, 0.6) is 5.75 Å². The fourth-order valence-electron chi connectivity index (χ4n) is 3.81. The minimum absolute atomic E-state index is 0.0929. The molecule has 0 radical (unpaired) electrons. The molecule has 2 aromatic heterocycles. The zero-order valence-electron chi connectivity index (χ0n) is 17.0. The summed E-state index contributed by atoms with van der Waals surface area (Å²) in [7, 11) is 0. The third-order valence-corrected chi connectivity index (χ3v) is 6.64. The third-order valence-electron chi connectivity index (χ3n) is 5.64. The molecule has 0 spiro atoms. The van der Waals surface area contributed by atoms with Crippen molar-refractivity contribution in [3.63, 3.8) is 0 Å². The third kappa shape index (κ3) is 3.98. The van der Waals surface area contributed by atoms with Crippen molar-refractivity contribution >= 4 is 39.6 Å². The second-order valence-electron chi connectivity index (χ2n) is 7.92. The number of fused-ring (bicyclic) bond motifs is 1. The Morgan fingerprint density at radius 2 is 2.06 bits per heavy atom. The Morgan fingerprint density at radius 1 is 1.23 bits per heavy atom. The number of carbonyl (C=O) groups is 1. The number of piperidine rings is 1. The van der Waals surface area contributed by atoms with E-state index in [1.54, 1.807) is 18.2 Å². The molecule has 3 heterocycles. The molecule has 2 aromatic carbocycles. The van der Waals surface area contributed by atoms with Crippen LogP contribution >= 0.6 is 11.3 Å². The summed E-state index contributed by atoms with van der Waals surface area (Å²) in [6, 6.07) is 12.6. The van der Waals surface area contributed by atoms with E-state index in [2.05, 4.69) is 33.3 Å². The van der Waals surface area contributed by atoms with Gasteiger partial charge in [0.25, 0.3) is 5.91 Å². The second kappa shape index (κ2) is 8.03. The maximum atomic E-state index is 12.5. The predicted molar refractivity (Wildman–Crippen MR) is 122 cm³/mol. The predicted octanol–water partition coefficient (Wildman–Crippen LogP) is 5.15. The molecule has 0 unspecified atom stereocenters. The number of nitrogens with zero attached hydrogens (tertiary/aromatic N) is 3. The van der Waals surface area contributed by atoms with Crippen molar-refractivity contribution in [2.75, 3.05) is 23.3 Å². The highest BCUT2D eigenvalue weighted by molar-refractivity contribution is 7.17. The summed E-state index contributed by atoms with van der Waals surface area (Å²) in [6.07, 6.45) is 3.93. The number of thiazole rings is 1. The summed E-state index contributed by atoms with van der Waals surface area (Å²) >= 11 is 1.25. The molecular weight excluding hydrogens is 412 g/mol. The van der Waals surface area contributed by atoms with Gasteiger partial charge in [0, 0.05) is 36.6 Å². The van der Waals surface area contributed by atoms with Gasteiger partial charge in [-0.3, -0.25) is 4.79 Å². The van der Waals surface area contributed by atoms with Gasteiger partial charge >= 0.3 is 0 Å². The molecule has 1 fully saturated rings. The molecule has 2 N–H and O–H groups in total. The first-order valence-corrected chi connectivity index (χ1v) is 11.1. The number of nitrogens with one attached hydrogen (secondary N) is 1. The Balaban J connectivity index is 1.36. The number of anilines is 2. The number of rotatable bonds is 4. The van der Waals surface area contributed by atoms with Crippen molar-refractivity contribution in [3.8, 4) is 16.5 Å². The maximum absolute atomic E-state index is 12.5. The van der Waals surface area contributed by atoms with E-state index in [9.17, 15) is 9.90 Å². The number of amides is 1. The van der Waals surface area contributed by atoms with Crippen LogP contribution < -0.4 is 10.2 Å². The molecule has 1 saturated heterocycles. The SMILES string of the molecule is CC1CCN(c2ccc3c(-c4ncc(C(=O)Nc5cccc(O)c5)s4)noc3c2)CC1. The largest absolute Gasteiger partial charge is 0.508 e. The Hall–Kier alpha value is -3.39. The van der Waals surface area contributed by atoms with Crippen LogP contribution in [0.3, 0.4) is 0 Å². The minimum Gasteiger partial charge on any atom is -0.508 e. The number of phenolic OH excluding ortho intramolecular Hbond substituents is 1. The Labute approximate surface area is 183 Å². The van der Waals surface area contributed by atoms with Crippen LogP contribution in [0.4, 0.5) is 11.4 Å². The van der Waals surface area contributed by atoms with E-state index in [1.807, 2.05) is 12.1 Å². The van der Waals surface area contributed by atoms with Gasteiger partial charge < -0.3 is 19.8 Å². The smallest absolute Gasteiger partial charge is 0.267 e. The number of aromatic nitrogens is 2. The van der Waals surface area contributed by atoms with Crippen LogP contribution in [0, 0.1) is 5.92 Å². The van der Waals surface area contributed by atoms with Crippen LogP contribution in [0.1, 0.15) is 29.4 Å². The second-order valence-corrected chi connectivity index (χ2v) is 8.95. The van der Waals surface area contributed by atoms with Gasteiger partial charge in [0.2, 0.25) is 0 Å². The summed E-state index contributed by atoms with van der Waals surface area (Å²) in [4.78, 5) is 19.8. The van der Waals surface area contributed by atoms with Crippen LogP contribution in [0.2, 0.25) is 0 Å². The fraction of sp³-hybridized carbons (Fsp3) is 0.261. The van der Waals surface area contributed by atoms with Crippen molar-refractivity contribution < 1.29 is 14.4 Å². The van der Waals surface area contributed by atoms with Crippen molar-refractivity contribution in [2.24, 2.45) is 5.92 Å². The summed E-state index contributed by atoms with van der Waals surface area (Å²) in [5.74, 6) is 0.583. The Morgan fingerprint density at radius 3 is 2.87 bits per heavy atom. The van der Waals surface area contributed by atoms with Gasteiger partial charge in [-0.05, 0) is 43.0 Å². The molecule has 0 atom stereocenters. The van der Waals surface area contributed by atoms with Crippen LogP contribution in [0.25, 0.3) is 21.7 Å². The quantitative estimate of drug-likeness (QED) is 0.462. The molecule has 1 aliphatic heterocycles. The van der Waals surface area contributed by atoms with Gasteiger partial charge in [-0.25, -0.2) is 4.98 Å². The number of hydrogen-bond donors (Lipinski definition) is 2. The van der Waals surface area contributed by atoms with E-state index in [-0.39, 0.29) is 11.7 Å². The molecule has 1 aliphatic rings. The highest BCUT2D eigenvalue weighted by Gasteiger charge is 2.20. The summed E-state index contributed by atoms with van der Waals surface area (Å²) in [5.41, 5.74) is 3.01. The molecule has 7 nitrogen and oxygen atoms in total. The van der Waals surface area contributed by atoms with Gasteiger partial charge in [-0.1, -0.05) is 18.1 Å². The normalized spacial score (nSPS) is 14.8. The monoisotopic (exact) mass is 434 g/mol. The van der Waals surface area contributed by atoms with Crippen molar-refractivity contribution in [1.82, 2.24) is 10.1 Å². The Kier molecular flexibility index (Phi) is 5.07. The molecule has 158 valence electrons. The van der Waals surface area contributed by atoms with Crippen molar-refractivity contribution in [2.45, 2.75) is 19.8 Å². The van der Waals surface area contributed by atoms with E-state index in [0.29, 0.717) is 26.8 Å². The lowest BCUT2D eigenvalue weighted by Gasteiger charge is -2.32. The number of carbonyl (C=O) groups excluding carboxylic acids is 1. The van der Waals surface area contributed by atoms with Gasteiger partial charge in [-0.15, -0.1) is 11.3 Å². The molecule has 1 amide bonds. The average Bonchev–Trinajstić information content (AvgIpc) is 3.41. The van der Waals surface area contributed by atoms with Crippen molar-refractivity contribution in [1.29, 1.82) is 0 Å². The highest BCUT2D eigenvalue weighted by Crippen LogP contribution is 2.34. The minimum atomic E-state index is -0.288. The first-order valence-electron chi connectivity index (χ1n) is 10.3. The van der Waals surface area contributed by atoms with E-state index < -0.39 is 0 Å². The van der Waals surface area contributed by atoms with Gasteiger partial charge in [0.05, 0.1) is 11.6 Å². The fourth-order valence-corrected chi connectivity index (χ4v) is 4.62. The van der Waals surface area contributed by atoms with Gasteiger partial charge in [0.15, 0.2) is 5.58 Å². The summed E-state index contributed by atoms with van der Waals surface area (Å²) in [5, 5.41) is 18.0. The number of phenols is 1. The van der Waals surface area contributed by atoms with Gasteiger partial charge in [-0.2, -0.15) is 0 Å². The molecule has 8 heteroatoms. The summed E-state index contributed by atoms with van der Waals surface area (Å²) in [6.45, 7) is 4.41. The van der Waals surface area contributed by atoms with Crippen LogP contribution in [0.15, 0.2) is 53.2 Å². The Bertz CT molecular complexity index is 1240. The molecule has 0 aliphatic carbocycles. The van der Waals surface area contributed by atoms with E-state index in [4.69, 9.17) is 4.52 Å². The summed E-state index contributed by atoms with van der Waals surface area (Å²) < 4.78 is 5.60. The van der Waals surface area contributed by atoms with Gasteiger partial charge in [0.1, 0.15) is 21.3 Å². The lowest BCUT2D eigenvalue weighted by atomic mass is 9.99. The lowest BCUT2D eigenvalue weighted by Crippen LogP contribution is -2.32. The molecule has 4 aromatic rings. The molecule has 0 saturated carbocycles. The molecule has 5 rings (SSSR count). The zero-order chi connectivity index (χ0) is 21.4. The number of benzene rings is 2. The highest BCUT2D eigenvalue weighted by atomic mass is 32.1. The average molecular weight is 435 g/mol. The standard InChI is InChI=1S/C23H22N4O3S/c1-14-7-9-27(10-8-14)16-5-6-18-19(12-16)30-26-21(18)23-24-13-20(31-23)22(29)25-15-3-2-4-17(28)11-15/h2-6,11-14,28H,7-10H2,1H3,(H,25,29). The molecule has 31 heavy (non-hydrogen) atoms. The lowest BCUT2D eigenvalue weighted by molar-refractivity contribution is 0.103.